The van der Waals surface area contributed by atoms with E-state index in [1.807, 2.05) is 12.1 Å². The Kier molecular flexibility index (Phi) is 7.43. The molecule has 3 aromatic rings. The third kappa shape index (κ3) is 4.66. The Labute approximate surface area is 237 Å². The number of fused-ring (bicyclic) bond motifs is 2. The summed E-state index contributed by atoms with van der Waals surface area (Å²) in [6.45, 7) is 1.03. The van der Waals surface area contributed by atoms with Gasteiger partial charge in [0.25, 0.3) is 11.5 Å². The monoisotopic (exact) mass is 587 g/mol. The average Bonchev–Trinajstić information content (AvgIpc) is 2.91. The molecular formula is C26H27N4O12+. The SMILES string of the molecule is COc1ccc2c(c1O)-c1c(O)c(OC)cc3c1[C@H](C2)[N+](C)(C)CC3.O=[N+]([O-])c1cc([N+](=O)[O-])c(O)c([N+](=O)[O-])c1O. The number of ether oxygens (including phenoxy) is 2. The Hall–Kier alpha value is -5.38. The summed E-state index contributed by atoms with van der Waals surface area (Å²) in [6.07, 6.45) is 1.74. The standard InChI is InChI=1S/C20H23NO4.C6H3N3O8/c1-21(2)8-7-12-10-15(25-4)20(23)18-16(12)13(21)9-11-5-6-14(24-3)19(22)17(11)18;10-5-2(7(12)13)1-3(8(14)15)6(11)4(5)9(16)17/h5-6,10,13H,7-9H2,1-4H3,(H-,22,23);1,10-11H/p+1/t13-;/m0./s1. The Balaban J connectivity index is 0.000000209. The van der Waals surface area contributed by atoms with Crippen molar-refractivity contribution in [2.45, 2.75) is 18.9 Å². The van der Waals surface area contributed by atoms with Crippen LogP contribution in [0.15, 0.2) is 24.3 Å². The number of benzene rings is 3. The van der Waals surface area contributed by atoms with Crippen LogP contribution in [0, 0.1) is 30.3 Å². The molecule has 16 nitrogen and oxygen atoms in total. The van der Waals surface area contributed by atoms with Crippen LogP contribution in [-0.4, -0.2) is 74.5 Å². The number of methoxy groups -OCH3 is 2. The summed E-state index contributed by atoms with van der Waals surface area (Å²) < 4.78 is 11.6. The molecule has 16 heteroatoms. The van der Waals surface area contributed by atoms with E-state index in [1.165, 1.54) is 12.7 Å². The van der Waals surface area contributed by atoms with Gasteiger partial charge in [-0.25, -0.2) is 0 Å². The van der Waals surface area contributed by atoms with Gasteiger partial charge in [-0.3, -0.25) is 30.3 Å². The number of phenols is 4. The quantitative estimate of drug-likeness (QED) is 0.190. The molecule has 222 valence electrons. The van der Waals surface area contributed by atoms with Gasteiger partial charge in [0.15, 0.2) is 23.0 Å². The van der Waals surface area contributed by atoms with Gasteiger partial charge in [0.05, 0.1) is 49.6 Å². The zero-order chi connectivity index (χ0) is 31.3. The fourth-order valence-electron chi connectivity index (χ4n) is 5.48. The number of phenolic OH excluding ortho intramolecular Hbond substituents is 4. The molecule has 0 amide bonds. The first-order valence-corrected chi connectivity index (χ1v) is 12.3. The molecule has 1 atom stereocenters. The molecule has 3 aromatic carbocycles. The number of quaternary nitrogens is 1. The molecule has 0 unspecified atom stereocenters. The van der Waals surface area contributed by atoms with E-state index in [-0.39, 0.29) is 23.6 Å². The minimum atomic E-state index is -1.48. The summed E-state index contributed by atoms with van der Waals surface area (Å²) in [4.78, 5) is 27.4. The Morgan fingerprint density at radius 2 is 1.31 bits per heavy atom. The van der Waals surface area contributed by atoms with E-state index in [0.717, 1.165) is 35.0 Å². The van der Waals surface area contributed by atoms with E-state index in [9.17, 15) is 40.6 Å². The Morgan fingerprint density at radius 1 is 0.762 bits per heavy atom. The number of nitro benzene ring substituents is 3. The Bertz CT molecular complexity index is 1620. The van der Waals surface area contributed by atoms with Crippen molar-refractivity contribution in [3.05, 3.63) is 71.3 Å². The van der Waals surface area contributed by atoms with Crippen molar-refractivity contribution in [2.75, 3.05) is 34.9 Å². The molecule has 0 radical (unpaired) electrons. The highest BCUT2D eigenvalue weighted by Gasteiger charge is 2.44. The minimum absolute atomic E-state index is 0.0834. The minimum Gasteiger partial charge on any atom is -0.504 e. The number of hydrogen-bond donors (Lipinski definition) is 4. The van der Waals surface area contributed by atoms with Crippen LogP contribution in [-0.2, 0) is 12.8 Å². The molecule has 0 bridgehead atoms. The molecule has 42 heavy (non-hydrogen) atoms. The smallest absolute Gasteiger partial charge is 0.366 e. The van der Waals surface area contributed by atoms with Crippen molar-refractivity contribution in [3.8, 4) is 45.6 Å². The van der Waals surface area contributed by atoms with Gasteiger partial charge in [-0.05, 0) is 23.3 Å². The van der Waals surface area contributed by atoms with Gasteiger partial charge in [0, 0.05) is 29.5 Å². The van der Waals surface area contributed by atoms with Crippen LogP contribution in [0.2, 0.25) is 0 Å². The van der Waals surface area contributed by atoms with Gasteiger partial charge in [-0.2, -0.15) is 0 Å². The molecule has 2 aliphatic rings. The van der Waals surface area contributed by atoms with Crippen molar-refractivity contribution in [1.29, 1.82) is 0 Å². The maximum atomic E-state index is 10.9. The highest BCUT2D eigenvalue weighted by atomic mass is 16.6. The second kappa shape index (κ2) is 10.5. The molecule has 0 fully saturated rings. The first-order valence-electron chi connectivity index (χ1n) is 12.3. The highest BCUT2D eigenvalue weighted by molar-refractivity contribution is 5.87. The molecule has 1 heterocycles. The van der Waals surface area contributed by atoms with Gasteiger partial charge >= 0.3 is 17.1 Å². The molecule has 0 saturated heterocycles. The first-order chi connectivity index (χ1) is 19.7. The number of rotatable bonds is 5. The number of nitro groups is 3. The normalized spacial score (nSPS) is 15.8. The maximum Gasteiger partial charge on any atom is 0.366 e. The van der Waals surface area contributed by atoms with Crippen molar-refractivity contribution in [1.82, 2.24) is 0 Å². The largest absolute Gasteiger partial charge is 0.504 e. The predicted octanol–water partition coefficient (Wildman–Crippen LogP) is 3.83. The molecule has 1 aliphatic heterocycles. The summed E-state index contributed by atoms with van der Waals surface area (Å²) in [5.41, 5.74) is 0.769. The van der Waals surface area contributed by atoms with Crippen LogP contribution in [0.25, 0.3) is 11.1 Å². The molecule has 1 aliphatic carbocycles. The lowest BCUT2D eigenvalue weighted by molar-refractivity contribution is -0.923. The molecule has 0 aromatic heterocycles. The van der Waals surface area contributed by atoms with Crippen molar-refractivity contribution in [3.63, 3.8) is 0 Å². The lowest BCUT2D eigenvalue weighted by atomic mass is 9.75. The van der Waals surface area contributed by atoms with Crippen LogP contribution in [0.1, 0.15) is 22.7 Å². The Morgan fingerprint density at radius 3 is 1.81 bits per heavy atom. The van der Waals surface area contributed by atoms with E-state index in [4.69, 9.17) is 19.7 Å². The second-order valence-electron chi connectivity index (χ2n) is 10.2. The predicted molar refractivity (Wildman–Crippen MR) is 145 cm³/mol. The van der Waals surface area contributed by atoms with E-state index >= 15 is 0 Å². The van der Waals surface area contributed by atoms with Crippen molar-refractivity contribution < 1.29 is 49.2 Å². The fourth-order valence-corrected chi connectivity index (χ4v) is 5.48. The third-order valence-corrected chi connectivity index (χ3v) is 7.64. The third-order valence-electron chi connectivity index (χ3n) is 7.64. The molecule has 5 rings (SSSR count). The van der Waals surface area contributed by atoms with E-state index in [2.05, 4.69) is 14.1 Å². The fraction of sp³-hybridized carbons (Fsp3) is 0.308. The topological polar surface area (TPSA) is 229 Å². The van der Waals surface area contributed by atoms with Crippen molar-refractivity contribution in [2.24, 2.45) is 0 Å². The lowest BCUT2D eigenvalue weighted by Crippen LogP contribution is -2.49. The number of hydrogen-bond acceptors (Lipinski definition) is 12. The van der Waals surface area contributed by atoms with Crippen LogP contribution in [0.4, 0.5) is 17.1 Å². The van der Waals surface area contributed by atoms with Crippen LogP contribution < -0.4 is 9.47 Å². The summed E-state index contributed by atoms with van der Waals surface area (Å²) in [7, 11) is 7.55. The zero-order valence-electron chi connectivity index (χ0n) is 22.9. The first kappa shape index (κ1) is 29.6. The van der Waals surface area contributed by atoms with Crippen LogP contribution in [0.5, 0.6) is 34.5 Å². The van der Waals surface area contributed by atoms with Gasteiger partial charge in [-0.1, -0.05) is 6.07 Å². The number of aromatic hydroxyl groups is 4. The average molecular weight is 588 g/mol. The molecule has 4 N–H and O–H groups in total. The summed E-state index contributed by atoms with van der Waals surface area (Å²) in [5, 5.41) is 71.2. The second-order valence-corrected chi connectivity index (χ2v) is 10.2. The summed E-state index contributed by atoms with van der Waals surface area (Å²) in [6, 6.07) is 6.21. The number of likely N-dealkylation sites (N-methyl/N-ethyl adjacent to an activating group) is 1. The lowest BCUT2D eigenvalue weighted by Gasteiger charge is -2.46. The van der Waals surface area contributed by atoms with Crippen LogP contribution in [0.3, 0.4) is 0 Å². The maximum absolute atomic E-state index is 10.9. The van der Waals surface area contributed by atoms with E-state index in [1.54, 1.807) is 13.2 Å². The summed E-state index contributed by atoms with van der Waals surface area (Å²) >= 11 is 0. The van der Waals surface area contributed by atoms with Gasteiger partial charge < -0.3 is 34.4 Å². The summed E-state index contributed by atoms with van der Waals surface area (Å²) in [5.74, 6) is -1.84. The number of nitrogens with zero attached hydrogens (tertiary/aromatic N) is 4. The van der Waals surface area contributed by atoms with E-state index in [0.29, 0.717) is 22.6 Å². The van der Waals surface area contributed by atoms with Gasteiger partial charge in [-0.15, -0.1) is 0 Å². The van der Waals surface area contributed by atoms with Crippen molar-refractivity contribution >= 4 is 17.1 Å². The molecular weight excluding hydrogens is 560 g/mol. The highest BCUT2D eigenvalue weighted by Crippen LogP contribution is 2.56. The van der Waals surface area contributed by atoms with Crippen LogP contribution >= 0.6 is 0 Å². The van der Waals surface area contributed by atoms with E-state index < -0.39 is 43.3 Å². The van der Waals surface area contributed by atoms with Gasteiger partial charge in [0.2, 0.25) is 0 Å². The van der Waals surface area contributed by atoms with Gasteiger partial charge in [0.1, 0.15) is 12.1 Å². The zero-order valence-corrected chi connectivity index (χ0v) is 22.9. The molecule has 0 saturated carbocycles. The molecule has 0 spiro atoms.